The predicted molar refractivity (Wildman–Crippen MR) is 208 cm³/mol. The van der Waals surface area contributed by atoms with E-state index in [-0.39, 0.29) is 42.7 Å². The zero-order valence-corrected chi connectivity index (χ0v) is 33.0. The summed E-state index contributed by atoms with van der Waals surface area (Å²) in [6.07, 6.45) is 39.7. The molecule has 0 N–H and O–H groups in total. The first-order chi connectivity index (χ1) is 24.6. The minimum absolute atomic E-state index is 0.0284. The quantitative estimate of drug-likeness (QED) is 0.0284. The van der Waals surface area contributed by atoms with Crippen molar-refractivity contribution in [3.05, 3.63) is 60.8 Å². The maximum absolute atomic E-state index is 12.6. The van der Waals surface area contributed by atoms with Crippen molar-refractivity contribution in [2.75, 3.05) is 41.0 Å². The summed E-state index contributed by atoms with van der Waals surface area (Å²) < 4.78 is 17.0. The van der Waals surface area contributed by atoms with Crippen molar-refractivity contribution < 1.29 is 38.2 Å². The van der Waals surface area contributed by atoms with Crippen LogP contribution in [-0.4, -0.2) is 75.5 Å². The zero-order valence-electron chi connectivity index (χ0n) is 33.0. The molecule has 0 rings (SSSR count). The third-order valence-corrected chi connectivity index (χ3v) is 8.42. The van der Waals surface area contributed by atoms with Crippen LogP contribution in [-0.2, 0) is 28.6 Å². The Morgan fingerprint density at radius 1 is 0.608 bits per heavy atom. The molecule has 8 nitrogen and oxygen atoms in total. The Balaban J connectivity index is 4.38. The van der Waals surface area contributed by atoms with E-state index >= 15 is 0 Å². The Bertz CT molecular complexity index is 1020. The fraction of sp³-hybridized carbons (Fsp3) is 0.698. The summed E-state index contributed by atoms with van der Waals surface area (Å²) in [7, 11) is 5.38. The van der Waals surface area contributed by atoms with E-state index < -0.39 is 18.1 Å². The Hall–Kier alpha value is -2.97. The molecule has 0 amide bonds. The van der Waals surface area contributed by atoms with Gasteiger partial charge in [0.15, 0.2) is 6.10 Å². The second-order valence-corrected chi connectivity index (χ2v) is 14.1. The highest BCUT2D eigenvalue weighted by atomic mass is 16.6. The number of esters is 2. The van der Waals surface area contributed by atoms with E-state index in [1.165, 1.54) is 25.7 Å². The summed E-state index contributed by atoms with van der Waals surface area (Å²) >= 11 is 0. The third-order valence-electron chi connectivity index (χ3n) is 8.42. The van der Waals surface area contributed by atoms with Gasteiger partial charge in [0.05, 0.1) is 40.3 Å². The number of carboxylic acid groups (broad SMARTS) is 1. The molecule has 2 unspecified atom stereocenters. The fourth-order valence-electron chi connectivity index (χ4n) is 5.33. The Labute approximate surface area is 311 Å². The van der Waals surface area contributed by atoms with Crippen LogP contribution in [0.4, 0.5) is 0 Å². The van der Waals surface area contributed by atoms with Gasteiger partial charge in [-0.15, -0.1) is 0 Å². The number of quaternary nitrogens is 1. The minimum Gasteiger partial charge on any atom is -0.544 e. The van der Waals surface area contributed by atoms with E-state index in [0.29, 0.717) is 12.8 Å². The molecule has 0 saturated carbocycles. The fourth-order valence-corrected chi connectivity index (χ4v) is 5.33. The molecule has 51 heavy (non-hydrogen) atoms. The monoisotopic (exact) mass is 716 g/mol. The predicted octanol–water partition coefficient (Wildman–Crippen LogP) is 8.91. The van der Waals surface area contributed by atoms with Crippen molar-refractivity contribution >= 4 is 17.9 Å². The van der Waals surface area contributed by atoms with Crippen LogP contribution < -0.4 is 5.11 Å². The van der Waals surface area contributed by atoms with Gasteiger partial charge in [0.2, 0.25) is 0 Å². The Morgan fingerprint density at radius 2 is 1.10 bits per heavy atom. The van der Waals surface area contributed by atoms with Crippen molar-refractivity contribution in [2.24, 2.45) is 0 Å². The zero-order chi connectivity index (χ0) is 37.8. The second kappa shape index (κ2) is 34.1. The number of ether oxygens (including phenoxy) is 3. The van der Waals surface area contributed by atoms with Crippen LogP contribution in [0.3, 0.4) is 0 Å². The minimum atomic E-state index is -1.13. The Morgan fingerprint density at radius 3 is 1.63 bits per heavy atom. The molecule has 0 aromatic rings. The lowest BCUT2D eigenvalue weighted by Gasteiger charge is -2.34. The molecule has 0 saturated heterocycles. The van der Waals surface area contributed by atoms with Gasteiger partial charge in [-0.05, 0) is 57.8 Å². The van der Waals surface area contributed by atoms with E-state index in [2.05, 4.69) is 74.6 Å². The SMILES string of the molecule is CC/C=C/C/C=C/C/C=C/C/C=C/C/C=C/CCCCCCC(=O)OC(COCCC(C(=O)[O-])[N+](C)(C)C)COC(=O)CCCCCCCCC. The van der Waals surface area contributed by atoms with E-state index in [1.807, 2.05) is 0 Å². The number of nitrogens with zero attached hydrogens (tertiary/aromatic N) is 1. The lowest BCUT2D eigenvalue weighted by atomic mass is 10.1. The molecule has 8 heteroatoms. The van der Waals surface area contributed by atoms with E-state index in [9.17, 15) is 19.5 Å². The van der Waals surface area contributed by atoms with Gasteiger partial charge in [0.1, 0.15) is 12.6 Å². The number of rotatable bonds is 34. The molecule has 0 heterocycles. The van der Waals surface area contributed by atoms with Gasteiger partial charge >= 0.3 is 11.9 Å². The number of likely N-dealkylation sites (N-methyl/N-ethyl adjacent to an activating group) is 1. The highest BCUT2D eigenvalue weighted by molar-refractivity contribution is 5.70. The number of carbonyl (C=O) groups is 3. The Kier molecular flexibility index (Phi) is 32.1. The van der Waals surface area contributed by atoms with Gasteiger partial charge in [-0.2, -0.15) is 0 Å². The highest BCUT2D eigenvalue weighted by Gasteiger charge is 2.25. The van der Waals surface area contributed by atoms with Crippen LogP contribution in [0.2, 0.25) is 0 Å². The number of carboxylic acids is 1. The van der Waals surface area contributed by atoms with Crippen LogP contribution in [0.1, 0.15) is 142 Å². The van der Waals surface area contributed by atoms with Crippen molar-refractivity contribution in [3.63, 3.8) is 0 Å². The van der Waals surface area contributed by atoms with E-state index in [0.717, 1.165) is 83.5 Å². The smallest absolute Gasteiger partial charge is 0.306 e. The molecule has 0 aromatic heterocycles. The second-order valence-electron chi connectivity index (χ2n) is 14.1. The number of aliphatic carboxylic acids is 1. The number of allylic oxidation sites excluding steroid dienone is 10. The normalized spacial score (nSPS) is 13.7. The molecule has 0 fully saturated rings. The van der Waals surface area contributed by atoms with Crippen LogP contribution >= 0.6 is 0 Å². The van der Waals surface area contributed by atoms with Crippen molar-refractivity contribution in [1.29, 1.82) is 0 Å². The summed E-state index contributed by atoms with van der Waals surface area (Å²) in [5.41, 5.74) is 0. The maximum atomic E-state index is 12.6. The highest BCUT2D eigenvalue weighted by Crippen LogP contribution is 2.12. The van der Waals surface area contributed by atoms with Crippen molar-refractivity contribution in [3.8, 4) is 0 Å². The summed E-state index contributed by atoms with van der Waals surface area (Å²) in [5.74, 6) is -1.78. The lowest BCUT2D eigenvalue weighted by molar-refractivity contribution is -0.889. The van der Waals surface area contributed by atoms with Crippen molar-refractivity contribution in [1.82, 2.24) is 0 Å². The van der Waals surface area contributed by atoms with Gasteiger partial charge in [0.25, 0.3) is 0 Å². The summed E-state index contributed by atoms with van der Waals surface area (Å²) in [6.45, 7) is 4.45. The van der Waals surface area contributed by atoms with Gasteiger partial charge < -0.3 is 28.6 Å². The third kappa shape index (κ3) is 32.7. The van der Waals surface area contributed by atoms with Crippen molar-refractivity contribution in [2.45, 2.75) is 154 Å². The molecule has 0 aliphatic rings. The number of carbonyl (C=O) groups excluding carboxylic acids is 3. The van der Waals surface area contributed by atoms with Crippen LogP contribution in [0, 0.1) is 0 Å². The standard InChI is InChI=1S/C43H73NO7/c1-6-8-10-12-14-15-16-17-18-19-20-21-22-23-24-25-26-28-30-32-34-42(46)51-39(37-49-36-35-40(43(47)48)44(3,4)5)38-50-41(45)33-31-29-27-13-11-9-7-2/h8,10,14-15,17-18,20-21,23-24,39-40H,6-7,9,11-13,16,19,22,25-38H2,1-5H3/b10-8+,15-14+,18-17+,21-20+,24-23+. The van der Waals surface area contributed by atoms with Crippen LogP contribution in [0.15, 0.2) is 60.8 Å². The molecule has 0 bridgehead atoms. The molecule has 2 atom stereocenters. The van der Waals surface area contributed by atoms with Gasteiger partial charge in [0, 0.05) is 19.3 Å². The number of hydrogen-bond acceptors (Lipinski definition) is 7. The van der Waals surface area contributed by atoms with Gasteiger partial charge in [-0.3, -0.25) is 9.59 Å². The van der Waals surface area contributed by atoms with Gasteiger partial charge in [-0.25, -0.2) is 0 Å². The summed E-state index contributed by atoms with van der Waals surface area (Å²) in [6, 6.07) is -0.730. The number of hydrogen-bond donors (Lipinski definition) is 0. The topological polar surface area (TPSA) is 102 Å². The van der Waals surface area contributed by atoms with Crippen LogP contribution in [0.25, 0.3) is 0 Å². The largest absolute Gasteiger partial charge is 0.544 e. The molecule has 0 aliphatic carbocycles. The maximum Gasteiger partial charge on any atom is 0.306 e. The molecular weight excluding hydrogens is 642 g/mol. The molecule has 0 spiro atoms. The summed E-state index contributed by atoms with van der Waals surface area (Å²) in [4.78, 5) is 36.5. The molecule has 0 aromatic carbocycles. The molecule has 292 valence electrons. The van der Waals surface area contributed by atoms with E-state index in [1.54, 1.807) is 21.1 Å². The lowest BCUT2D eigenvalue weighted by Crippen LogP contribution is -2.55. The molecule has 0 aliphatic heterocycles. The average Bonchev–Trinajstić information content (AvgIpc) is 3.08. The first-order valence-corrected chi connectivity index (χ1v) is 19.8. The first-order valence-electron chi connectivity index (χ1n) is 19.8. The van der Waals surface area contributed by atoms with Crippen LogP contribution in [0.5, 0.6) is 0 Å². The first kappa shape index (κ1) is 48.0. The van der Waals surface area contributed by atoms with E-state index in [4.69, 9.17) is 14.2 Å². The number of unbranched alkanes of at least 4 members (excludes halogenated alkanes) is 10. The average molecular weight is 716 g/mol. The summed E-state index contributed by atoms with van der Waals surface area (Å²) in [5, 5.41) is 11.6. The molecular formula is C43H73NO7. The molecule has 0 radical (unpaired) electrons. The van der Waals surface area contributed by atoms with Gasteiger partial charge in [-0.1, -0.05) is 126 Å².